The maximum Gasteiger partial charge on any atom is 0.0510 e. The molecule has 1 aliphatic carbocycles. The number of ether oxygens (including phenoxy) is 1. The highest BCUT2D eigenvalue weighted by molar-refractivity contribution is 7.99. The molecule has 2 unspecified atom stereocenters. The van der Waals surface area contributed by atoms with Gasteiger partial charge in [-0.3, -0.25) is 0 Å². The molecule has 1 heterocycles. The van der Waals surface area contributed by atoms with Gasteiger partial charge in [-0.05, 0) is 55.5 Å². The lowest BCUT2D eigenvalue weighted by molar-refractivity contribution is 0.179. The molecule has 3 heteroatoms. The summed E-state index contributed by atoms with van der Waals surface area (Å²) in [5.41, 5.74) is 3.15. The summed E-state index contributed by atoms with van der Waals surface area (Å²) in [6.07, 6.45) is 5.10. The van der Waals surface area contributed by atoms with Crippen molar-refractivity contribution in [3.8, 4) is 0 Å². The molecule has 2 aliphatic rings. The van der Waals surface area contributed by atoms with Crippen LogP contribution in [0.4, 0.5) is 0 Å². The summed E-state index contributed by atoms with van der Waals surface area (Å²) < 4.78 is 5.55. The molecule has 0 radical (unpaired) electrons. The molecule has 1 aromatic rings. The highest BCUT2D eigenvalue weighted by Crippen LogP contribution is 2.29. The third kappa shape index (κ3) is 3.38. The summed E-state index contributed by atoms with van der Waals surface area (Å²) in [4.78, 5) is 1.44. The fraction of sp³-hybridized carbons (Fsp3) is 0.647. The smallest absolute Gasteiger partial charge is 0.0510 e. The summed E-state index contributed by atoms with van der Waals surface area (Å²) >= 11 is 2.00. The van der Waals surface area contributed by atoms with E-state index < -0.39 is 0 Å². The molecular formula is C17H25NOS. The highest BCUT2D eigenvalue weighted by atomic mass is 32.2. The maximum atomic E-state index is 5.55. The van der Waals surface area contributed by atoms with Crippen LogP contribution in [0.15, 0.2) is 23.1 Å². The van der Waals surface area contributed by atoms with Crippen molar-refractivity contribution in [2.24, 2.45) is 5.92 Å². The van der Waals surface area contributed by atoms with Gasteiger partial charge in [-0.25, -0.2) is 0 Å². The van der Waals surface area contributed by atoms with Gasteiger partial charge in [0, 0.05) is 29.2 Å². The highest BCUT2D eigenvalue weighted by Gasteiger charge is 2.25. The minimum Gasteiger partial charge on any atom is -0.381 e. The van der Waals surface area contributed by atoms with E-state index in [1.54, 1.807) is 11.1 Å². The molecule has 1 fully saturated rings. The van der Waals surface area contributed by atoms with Crippen LogP contribution in [-0.2, 0) is 17.6 Å². The first kappa shape index (κ1) is 14.4. The van der Waals surface area contributed by atoms with Crippen molar-refractivity contribution in [1.29, 1.82) is 0 Å². The molecule has 3 rings (SSSR count). The third-order valence-corrected chi connectivity index (χ3v) is 5.61. The lowest BCUT2D eigenvalue weighted by atomic mass is 10.0. The van der Waals surface area contributed by atoms with Gasteiger partial charge in [0.1, 0.15) is 0 Å². The van der Waals surface area contributed by atoms with E-state index in [9.17, 15) is 0 Å². The van der Waals surface area contributed by atoms with Gasteiger partial charge < -0.3 is 10.1 Å². The Morgan fingerprint density at radius 3 is 3.05 bits per heavy atom. The molecular weight excluding hydrogens is 266 g/mol. The van der Waals surface area contributed by atoms with Gasteiger partial charge in [-0.15, -0.1) is 11.8 Å². The molecule has 110 valence electrons. The number of hydrogen-bond acceptors (Lipinski definition) is 3. The molecule has 0 amide bonds. The average Bonchev–Trinajstić information content (AvgIpc) is 3.13. The summed E-state index contributed by atoms with van der Waals surface area (Å²) in [5, 5.41) is 3.65. The van der Waals surface area contributed by atoms with Crippen LogP contribution >= 0.6 is 11.8 Å². The predicted octanol–water partition coefficient (Wildman–Crippen LogP) is 3.28. The second kappa shape index (κ2) is 6.97. The van der Waals surface area contributed by atoms with Crippen LogP contribution in [-0.4, -0.2) is 31.6 Å². The van der Waals surface area contributed by atoms with Gasteiger partial charge in [0.25, 0.3) is 0 Å². The van der Waals surface area contributed by atoms with E-state index in [0.29, 0.717) is 12.0 Å². The zero-order valence-electron chi connectivity index (χ0n) is 12.4. The summed E-state index contributed by atoms with van der Waals surface area (Å²) in [6, 6.07) is 7.65. The standard InChI is InChI=1S/C17H25NOS/c1-2-18-17(15-8-9-19-11-15)12-20-16-7-6-13-4-3-5-14(13)10-16/h6-7,10,15,17-18H,2-5,8-9,11-12H2,1H3. The van der Waals surface area contributed by atoms with Gasteiger partial charge in [-0.2, -0.15) is 0 Å². The zero-order valence-corrected chi connectivity index (χ0v) is 13.2. The second-order valence-electron chi connectivity index (χ2n) is 5.88. The van der Waals surface area contributed by atoms with Gasteiger partial charge in [-0.1, -0.05) is 13.0 Å². The van der Waals surface area contributed by atoms with E-state index in [0.717, 1.165) is 25.5 Å². The lowest BCUT2D eigenvalue weighted by Crippen LogP contribution is -2.38. The number of thioether (sulfide) groups is 1. The van der Waals surface area contributed by atoms with E-state index in [4.69, 9.17) is 4.74 Å². The maximum absolute atomic E-state index is 5.55. The first-order valence-corrected chi connectivity index (χ1v) is 8.91. The average molecular weight is 291 g/mol. The van der Waals surface area contributed by atoms with Gasteiger partial charge in [0.15, 0.2) is 0 Å². The summed E-state index contributed by atoms with van der Waals surface area (Å²) in [5.74, 6) is 1.84. The molecule has 1 aromatic carbocycles. The molecule has 2 nitrogen and oxygen atoms in total. The van der Waals surface area contributed by atoms with E-state index in [1.807, 2.05) is 11.8 Å². The van der Waals surface area contributed by atoms with E-state index in [2.05, 4.69) is 30.4 Å². The Morgan fingerprint density at radius 1 is 1.35 bits per heavy atom. The van der Waals surface area contributed by atoms with Crippen LogP contribution in [0.5, 0.6) is 0 Å². The van der Waals surface area contributed by atoms with Gasteiger partial charge in [0.2, 0.25) is 0 Å². The topological polar surface area (TPSA) is 21.3 Å². The van der Waals surface area contributed by atoms with Crippen LogP contribution in [0, 0.1) is 5.92 Å². The Bertz CT molecular complexity index is 443. The van der Waals surface area contributed by atoms with E-state index >= 15 is 0 Å². The number of aryl methyl sites for hydroxylation is 2. The first-order chi connectivity index (χ1) is 9.86. The molecule has 2 atom stereocenters. The van der Waals surface area contributed by atoms with E-state index in [1.165, 1.54) is 30.6 Å². The Hall–Kier alpha value is -0.510. The first-order valence-electron chi connectivity index (χ1n) is 7.92. The van der Waals surface area contributed by atoms with Gasteiger partial charge >= 0.3 is 0 Å². The van der Waals surface area contributed by atoms with Crippen molar-refractivity contribution in [2.45, 2.75) is 43.5 Å². The Kier molecular flexibility index (Phi) is 5.03. The largest absolute Gasteiger partial charge is 0.381 e. The summed E-state index contributed by atoms with van der Waals surface area (Å²) in [7, 11) is 0. The fourth-order valence-corrected chi connectivity index (χ4v) is 4.47. The number of benzene rings is 1. The molecule has 0 bridgehead atoms. The molecule has 1 saturated heterocycles. The normalized spacial score (nSPS) is 22.9. The third-order valence-electron chi connectivity index (χ3n) is 4.50. The molecule has 1 N–H and O–H groups in total. The fourth-order valence-electron chi connectivity index (χ4n) is 3.32. The number of rotatable bonds is 6. The monoisotopic (exact) mass is 291 g/mol. The Balaban J connectivity index is 1.58. The van der Waals surface area contributed by atoms with E-state index in [-0.39, 0.29) is 0 Å². The van der Waals surface area contributed by atoms with Crippen LogP contribution < -0.4 is 5.32 Å². The Labute approximate surface area is 126 Å². The summed E-state index contributed by atoms with van der Waals surface area (Å²) in [6.45, 7) is 5.12. The minimum atomic E-state index is 0.584. The van der Waals surface area contributed by atoms with Crippen molar-refractivity contribution in [1.82, 2.24) is 5.32 Å². The van der Waals surface area contributed by atoms with Crippen molar-refractivity contribution >= 4 is 11.8 Å². The zero-order chi connectivity index (χ0) is 13.8. The molecule has 1 aliphatic heterocycles. The molecule has 0 aromatic heterocycles. The minimum absolute atomic E-state index is 0.584. The molecule has 0 saturated carbocycles. The quantitative estimate of drug-likeness (QED) is 0.813. The van der Waals surface area contributed by atoms with Crippen LogP contribution in [0.25, 0.3) is 0 Å². The second-order valence-corrected chi connectivity index (χ2v) is 6.98. The van der Waals surface area contributed by atoms with Crippen LogP contribution in [0.1, 0.15) is 30.9 Å². The van der Waals surface area contributed by atoms with Crippen molar-refractivity contribution in [2.75, 3.05) is 25.5 Å². The SMILES string of the molecule is CCNC(CSc1ccc2c(c1)CCC2)C1CCOC1. The van der Waals surface area contributed by atoms with Crippen molar-refractivity contribution < 1.29 is 4.74 Å². The lowest BCUT2D eigenvalue weighted by Gasteiger charge is -2.23. The Morgan fingerprint density at radius 2 is 2.25 bits per heavy atom. The van der Waals surface area contributed by atoms with Crippen LogP contribution in [0.3, 0.4) is 0 Å². The number of nitrogens with one attached hydrogen (secondary N) is 1. The van der Waals surface area contributed by atoms with Crippen molar-refractivity contribution in [3.63, 3.8) is 0 Å². The predicted molar refractivity (Wildman–Crippen MR) is 85.6 cm³/mol. The van der Waals surface area contributed by atoms with Crippen LogP contribution in [0.2, 0.25) is 0 Å². The molecule has 0 spiro atoms. The molecule has 20 heavy (non-hydrogen) atoms. The number of hydrogen-bond donors (Lipinski definition) is 1. The van der Waals surface area contributed by atoms with Gasteiger partial charge in [0.05, 0.1) is 6.61 Å². The number of fused-ring (bicyclic) bond motifs is 1. The van der Waals surface area contributed by atoms with Crippen molar-refractivity contribution in [3.05, 3.63) is 29.3 Å².